The van der Waals surface area contributed by atoms with Gasteiger partial charge in [-0.2, -0.15) is 0 Å². The Labute approximate surface area is 446 Å². The van der Waals surface area contributed by atoms with Crippen molar-refractivity contribution in [3.05, 3.63) is 64.6 Å². The number of carbonyl (C=O) groups excluding carboxylic acids is 3. The maximum absolute atomic E-state index is 14.7. The van der Waals surface area contributed by atoms with Crippen LogP contribution in [-0.4, -0.2) is 152 Å². The third-order valence-corrected chi connectivity index (χ3v) is 18.1. The van der Waals surface area contributed by atoms with E-state index in [2.05, 4.69) is 42.2 Å². The number of ether oxygens (including phenoxy) is 1. The van der Waals surface area contributed by atoms with E-state index in [0.29, 0.717) is 55.6 Å². The van der Waals surface area contributed by atoms with E-state index in [1.165, 1.54) is 28.0 Å². The van der Waals surface area contributed by atoms with Crippen molar-refractivity contribution >= 4 is 64.1 Å². The van der Waals surface area contributed by atoms with Gasteiger partial charge in [0.05, 0.1) is 45.2 Å². The summed E-state index contributed by atoms with van der Waals surface area (Å²) in [6.45, 7) is 15.2. The summed E-state index contributed by atoms with van der Waals surface area (Å²) >= 11 is 10.0. The van der Waals surface area contributed by atoms with E-state index < -0.39 is 52.6 Å². The quantitative estimate of drug-likeness (QED) is 0.0850. The minimum Gasteiger partial charge on any atom is -0.490 e. The number of nitrogens with one attached hydrogen (secondary N) is 2. The number of nitrogens with two attached hydrogens (primary N) is 1. The lowest BCUT2D eigenvalue weighted by Gasteiger charge is -2.43. The lowest BCUT2D eigenvalue weighted by atomic mass is 9.80. The molecule has 74 heavy (non-hydrogen) atoms. The van der Waals surface area contributed by atoms with E-state index in [0.717, 1.165) is 89.3 Å². The number of pyridine rings is 1. The fraction of sp³-hybridized carbons (Fsp3) is 0.604. The summed E-state index contributed by atoms with van der Waals surface area (Å²) in [4.78, 5) is 69.2. The minimum absolute atomic E-state index is 0.0233. The fourth-order valence-electron chi connectivity index (χ4n) is 10.5. The van der Waals surface area contributed by atoms with Crippen LogP contribution in [0.3, 0.4) is 0 Å². The van der Waals surface area contributed by atoms with Gasteiger partial charge in [0.25, 0.3) is 5.91 Å². The number of rotatable bonds is 16. The monoisotopic (exact) mass is 1080 g/mol. The molecule has 400 valence electrons. The number of nitrogens with zero attached hydrogens (tertiary/aromatic N) is 8. The summed E-state index contributed by atoms with van der Waals surface area (Å²) in [6.07, 6.45) is 9.19. The molecular formula is C53H71ClFN11O6S2. The highest BCUT2D eigenvalue weighted by molar-refractivity contribution is 7.99. The average Bonchev–Trinajstić information content (AvgIpc) is 3.79. The molecule has 4 aromatic rings. The van der Waals surface area contributed by atoms with Gasteiger partial charge in [0, 0.05) is 82.0 Å². The molecule has 4 saturated heterocycles. The molecule has 1 aromatic carbocycles. The number of hydrogen-bond donors (Lipinski definition) is 5. The molecule has 0 unspecified atom stereocenters. The molecule has 0 spiro atoms. The van der Waals surface area contributed by atoms with Crippen molar-refractivity contribution in [2.24, 2.45) is 16.6 Å². The highest BCUT2D eigenvalue weighted by Crippen LogP contribution is 2.42. The number of anilines is 2. The summed E-state index contributed by atoms with van der Waals surface area (Å²) in [7, 11) is 0. The molecule has 9 rings (SSSR count). The number of benzene rings is 1. The van der Waals surface area contributed by atoms with Crippen LogP contribution in [0.4, 0.5) is 16.0 Å². The Kier molecular flexibility index (Phi) is 16.2. The zero-order valence-corrected chi connectivity index (χ0v) is 45.5. The predicted octanol–water partition coefficient (Wildman–Crippen LogP) is 6.16. The molecule has 3 aromatic heterocycles. The van der Waals surface area contributed by atoms with Gasteiger partial charge in [-0.15, -0.1) is 11.3 Å². The number of aliphatic hydroxyl groups is 2. The van der Waals surface area contributed by atoms with Gasteiger partial charge in [0.2, 0.25) is 11.8 Å². The molecule has 1 saturated carbocycles. The first-order chi connectivity index (χ1) is 35.2. The van der Waals surface area contributed by atoms with E-state index in [1.807, 2.05) is 42.9 Å². The van der Waals surface area contributed by atoms with Crippen LogP contribution in [0.5, 0.6) is 5.75 Å². The number of aliphatic hydroxyl groups excluding tert-OH is 1. The fourth-order valence-corrected chi connectivity index (χ4v) is 12.4. The van der Waals surface area contributed by atoms with Crippen molar-refractivity contribution in [2.75, 3.05) is 68.7 Å². The SMILES string of the molecule is Cc1ncsc1-c1ccc(CNC(=O)[C@@H]2C[C@@H](O)CN2C(=O)[C@@H](NC(=O)C2(F)CC2)C(C)(C)C)c(OC2CCN(CC3(O)CCN(c4nccc(Sc5cnc(N6CCC(C)(CN)CC6)cn5)c4Cl)CC3)CC2)c1. The van der Waals surface area contributed by atoms with Crippen molar-refractivity contribution in [3.8, 4) is 16.2 Å². The molecule has 5 fully saturated rings. The normalized spacial score (nSPS) is 22.3. The predicted molar refractivity (Wildman–Crippen MR) is 285 cm³/mol. The Morgan fingerprint density at radius 3 is 2.34 bits per heavy atom. The Balaban J connectivity index is 0.784. The third-order valence-electron chi connectivity index (χ3n) is 15.7. The van der Waals surface area contributed by atoms with Crippen molar-refractivity contribution in [2.45, 2.75) is 144 Å². The molecule has 3 amide bonds. The first kappa shape index (κ1) is 54.1. The molecule has 17 nitrogen and oxygen atoms in total. The average molecular weight is 1080 g/mol. The highest BCUT2D eigenvalue weighted by Gasteiger charge is 2.53. The Morgan fingerprint density at radius 1 is 0.986 bits per heavy atom. The number of aromatic nitrogens is 4. The van der Waals surface area contributed by atoms with Gasteiger partial charge in [-0.05, 0) is 93.4 Å². The zero-order chi connectivity index (χ0) is 52.6. The van der Waals surface area contributed by atoms with E-state index >= 15 is 0 Å². The summed E-state index contributed by atoms with van der Waals surface area (Å²) in [5, 5.41) is 29.6. The number of halogens is 2. The largest absolute Gasteiger partial charge is 0.490 e. The second kappa shape index (κ2) is 22.1. The smallest absolute Gasteiger partial charge is 0.258 e. The van der Waals surface area contributed by atoms with Crippen LogP contribution in [0.2, 0.25) is 5.02 Å². The maximum atomic E-state index is 14.7. The third kappa shape index (κ3) is 12.4. The van der Waals surface area contributed by atoms with Gasteiger partial charge in [0.15, 0.2) is 5.67 Å². The van der Waals surface area contributed by atoms with Gasteiger partial charge >= 0.3 is 0 Å². The van der Waals surface area contributed by atoms with Crippen LogP contribution >= 0.6 is 34.7 Å². The second-order valence-electron chi connectivity index (χ2n) is 22.5. The molecule has 21 heteroatoms. The van der Waals surface area contributed by atoms with Gasteiger partial charge in [0.1, 0.15) is 40.6 Å². The molecule has 0 radical (unpaired) electrons. The van der Waals surface area contributed by atoms with Crippen LogP contribution in [-0.2, 0) is 20.9 Å². The number of thiazole rings is 1. The Hall–Kier alpha value is -4.70. The molecule has 1 aliphatic carbocycles. The van der Waals surface area contributed by atoms with Crippen molar-refractivity contribution in [1.29, 1.82) is 0 Å². The molecule has 3 atom stereocenters. The summed E-state index contributed by atoms with van der Waals surface area (Å²) in [5.74, 6) is 0.364. The lowest BCUT2D eigenvalue weighted by Crippen LogP contribution is -2.59. The van der Waals surface area contributed by atoms with Gasteiger partial charge in [-0.3, -0.25) is 14.4 Å². The Bertz CT molecular complexity index is 2650. The topological polar surface area (TPSA) is 216 Å². The number of alkyl halides is 1. The molecule has 0 bridgehead atoms. The van der Waals surface area contributed by atoms with Crippen LogP contribution in [0.1, 0.15) is 96.7 Å². The number of piperidine rings is 3. The van der Waals surface area contributed by atoms with Crippen molar-refractivity contribution < 1.29 is 33.7 Å². The van der Waals surface area contributed by atoms with Crippen LogP contribution < -0.4 is 30.9 Å². The molecular weight excluding hydrogens is 1010 g/mol. The first-order valence-corrected chi connectivity index (χ1v) is 28.0. The second-order valence-corrected chi connectivity index (χ2v) is 24.8. The number of likely N-dealkylation sites (tertiary alicyclic amines) is 2. The molecule has 7 heterocycles. The van der Waals surface area contributed by atoms with Gasteiger partial charge in [-0.1, -0.05) is 63.2 Å². The molecule has 5 aliphatic rings. The number of carbonyl (C=O) groups is 3. The number of aryl methyl sites for hydroxylation is 1. The summed E-state index contributed by atoms with van der Waals surface area (Å²) in [6, 6.07) is 5.70. The molecule has 6 N–H and O–H groups in total. The highest BCUT2D eigenvalue weighted by atomic mass is 35.5. The van der Waals surface area contributed by atoms with Crippen molar-refractivity contribution in [1.82, 2.24) is 40.4 Å². The number of hydrogen-bond acceptors (Lipinski definition) is 16. The van der Waals surface area contributed by atoms with E-state index in [1.54, 1.807) is 33.2 Å². The van der Waals surface area contributed by atoms with Crippen molar-refractivity contribution in [3.63, 3.8) is 0 Å². The van der Waals surface area contributed by atoms with E-state index in [-0.39, 0.29) is 43.9 Å². The number of amides is 3. The summed E-state index contributed by atoms with van der Waals surface area (Å²) < 4.78 is 21.5. The standard InChI is InChI=1S/C53H71ClFN11O6S2/c1-33-44(73-32-61-33)34-6-7-35(26-60-47(68)38-25-36(67)29-66(38)48(69)45(50(2,3)4)62-49(70)53(55)11-12-53)39(24-34)72-37-9-18-63(19-10-37)31-52(71)15-22-65(23-16-52)46-43(54)40(8-17-57-46)74-42-28-58-41(27-59-42)64-20-13-51(5,30-56)14-21-64/h6-8,17,24,27-28,32,36-38,45,67,71H,9-16,18-23,25-26,29-31,56H2,1-5H3,(H,60,68)(H,62,70)/t36-,38+,45-/m1/s1. The molecule has 4 aliphatic heterocycles. The first-order valence-electron chi connectivity index (χ1n) is 26.0. The van der Waals surface area contributed by atoms with Crippen LogP contribution in [0.25, 0.3) is 10.4 Å². The van der Waals surface area contributed by atoms with E-state index in [9.17, 15) is 29.0 Å². The number of β-amino-alcohol motifs (C(OH)–C–C–N with tert-alkyl or cyclic N) is 2. The minimum atomic E-state index is -1.98. The summed E-state index contributed by atoms with van der Waals surface area (Å²) in [5.41, 5.74) is 6.94. The van der Waals surface area contributed by atoms with Gasteiger partial charge in [-0.25, -0.2) is 24.3 Å². The lowest BCUT2D eigenvalue weighted by molar-refractivity contribution is -0.145. The van der Waals surface area contributed by atoms with Crippen LogP contribution in [0.15, 0.2) is 58.3 Å². The van der Waals surface area contributed by atoms with Crippen LogP contribution in [0, 0.1) is 17.8 Å². The maximum Gasteiger partial charge on any atom is 0.258 e. The Morgan fingerprint density at radius 2 is 1.70 bits per heavy atom. The van der Waals surface area contributed by atoms with E-state index in [4.69, 9.17) is 32.0 Å². The van der Waals surface area contributed by atoms with Gasteiger partial charge < -0.3 is 50.9 Å². The zero-order valence-electron chi connectivity index (χ0n) is 43.1.